The summed E-state index contributed by atoms with van der Waals surface area (Å²) in [5.74, 6) is -1.50. The molecule has 0 fully saturated rings. The van der Waals surface area contributed by atoms with Crippen molar-refractivity contribution in [2.24, 2.45) is 0 Å². The first kappa shape index (κ1) is 15.2. The number of amides is 1. The second kappa shape index (κ2) is 7.59. The Hall–Kier alpha value is -2.81. The summed E-state index contributed by atoms with van der Waals surface area (Å²) in [5.41, 5.74) is 0.539. The van der Waals surface area contributed by atoms with E-state index in [1.54, 1.807) is 18.2 Å². The Morgan fingerprint density at radius 3 is 2.80 bits per heavy atom. The zero-order valence-corrected chi connectivity index (χ0v) is 11.0. The van der Waals surface area contributed by atoms with Gasteiger partial charge in [0.05, 0.1) is 5.56 Å². The standard InChI is InChI=1S/C14H15N3O3/c1-2-6-16-13(18)11(8-15)9-17-12-5-3-4-10(7-12)14(19)20/h3-5,7,9,17H,2,6H2,1H3,(H,16,18)(H,19,20)/b11-9-. The van der Waals surface area contributed by atoms with Gasteiger partial charge in [-0.25, -0.2) is 4.79 Å². The van der Waals surface area contributed by atoms with Crippen molar-refractivity contribution in [1.82, 2.24) is 5.32 Å². The molecule has 3 N–H and O–H groups in total. The van der Waals surface area contributed by atoms with Crippen molar-refractivity contribution in [3.05, 3.63) is 41.6 Å². The van der Waals surface area contributed by atoms with Gasteiger partial charge in [-0.2, -0.15) is 5.26 Å². The van der Waals surface area contributed by atoms with E-state index < -0.39 is 11.9 Å². The summed E-state index contributed by atoms with van der Waals surface area (Å²) in [4.78, 5) is 22.4. The van der Waals surface area contributed by atoms with Crippen LogP contribution in [0, 0.1) is 11.3 Å². The van der Waals surface area contributed by atoms with Crippen LogP contribution in [0.4, 0.5) is 5.69 Å². The number of hydrogen-bond acceptors (Lipinski definition) is 4. The zero-order chi connectivity index (χ0) is 15.0. The third-order valence-corrected chi connectivity index (χ3v) is 2.39. The number of rotatable bonds is 6. The molecule has 0 unspecified atom stereocenters. The number of carboxylic acids is 1. The number of hydrogen-bond donors (Lipinski definition) is 3. The number of benzene rings is 1. The Kier molecular flexibility index (Phi) is 5.78. The van der Waals surface area contributed by atoms with E-state index in [1.165, 1.54) is 18.3 Å². The molecule has 0 atom stereocenters. The van der Waals surface area contributed by atoms with Crippen molar-refractivity contribution in [3.63, 3.8) is 0 Å². The Balaban J connectivity index is 2.79. The van der Waals surface area contributed by atoms with Gasteiger partial charge in [0.15, 0.2) is 0 Å². The average Bonchev–Trinajstić information content (AvgIpc) is 2.46. The molecule has 6 nitrogen and oxygen atoms in total. The van der Waals surface area contributed by atoms with E-state index >= 15 is 0 Å². The van der Waals surface area contributed by atoms with Crippen LogP contribution in [0.2, 0.25) is 0 Å². The normalized spacial score (nSPS) is 10.5. The van der Waals surface area contributed by atoms with Crippen LogP contribution in [-0.2, 0) is 4.79 Å². The van der Waals surface area contributed by atoms with Crippen molar-refractivity contribution >= 4 is 17.6 Å². The SMILES string of the molecule is CCCNC(=O)/C(C#N)=C\Nc1cccc(C(=O)O)c1. The first-order valence-corrected chi connectivity index (χ1v) is 6.06. The van der Waals surface area contributed by atoms with E-state index in [2.05, 4.69) is 10.6 Å². The quantitative estimate of drug-likeness (QED) is 0.541. The second-order valence-corrected chi connectivity index (χ2v) is 3.96. The minimum atomic E-state index is -1.04. The van der Waals surface area contributed by atoms with Gasteiger partial charge in [-0.1, -0.05) is 13.0 Å². The number of carbonyl (C=O) groups excluding carboxylic acids is 1. The molecule has 0 bridgehead atoms. The van der Waals surface area contributed by atoms with Crippen LogP contribution in [0.15, 0.2) is 36.0 Å². The van der Waals surface area contributed by atoms with Gasteiger partial charge in [0.25, 0.3) is 5.91 Å². The summed E-state index contributed by atoms with van der Waals surface area (Å²) in [7, 11) is 0. The van der Waals surface area contributed by atoms with Crippen molar-refractivity contribution in [1.29, 1.82) is 5.26 Å². The number of nitrogens with zero attached hydrogens (tertiary/aromatic N) is 1. The van der Waals surface area contributed by atoms with E-state index in [0.29, 0.717) is 12.2 Å². The minimum Gasteiger partial charge on any atom is -0.478 e. The first-order chi connectivity index (χ1) is 9.58. The molecular weight excluding hydrogens is 258 g/mol. The van der Waals surface area contributed by atoms with Crippen molar-refractivity contribution < 1.29 is 14.7 Å². The fourth-order valence-corrected chi connectivity index (χ4v) is 1.38. The van der Waals surface area contributed by atoms with E-state index in [9.17, 15) is 9.59 Å². The lowest BCUT2D eigenvalue weighted by Gasteiger charge is -2.04. The maximum Gasteiger partial charge on any atom is 0.335 e. The van der Waals surface area contributed by atoms with Crippen LogP contribution < -0.4 is 10.6 Å². The van der Waals surface area contributed by atoms with Gasteiger partial charge in [-0.05, 0) is 24.6 Å². The van der Waals surface area contributed by atoms with Crippen molar-refractivity contribution in [3.8, 4) is 6.07 Å². The number of carbonyl (C=O) groups is 2. The highest BCUT2D eigenvalue weighted by atomic mass is 16.4. The van der Waals surface area contributed by atoms with Gasteiger partial charge in [0.1, 0.15) is 11.6 Å². The summed E-state index contributed by atoms with van der Waals surface area (Å²) in [6.45, 7) is 2.40. The number of carboxylic acid groups (broad SMARTS) is 1. The zero-order valence-electron chi connectivity index (χ0n) is 11.0. The third-order valence-electron chi connectivity index (χ3n) is 2.39. The predicted molar refractivity (Wildman–Crippen MR) is 74.0 cm³/mol. The molecule has 0 aromatic heterocycles. The van der Waals surface area contributed by atoms with Crippen molar-refractivity contribution in [2.75, 3.05) is 11.9 Å². The predicted octanol–water partition coefficient (Wildman–Crippen LogP) is 1.73. The average molecular weight is 273 g/mol. The van der Waals surface area contributed by atoms with E-state index in [0.717, 1.165) is 6.42 Å². The Labute approximate surface area is 116 Å². The highest BCUT2D eigenvalue weighted by molar-refractivity contribution is 5.97. The van der Waals surface area contributed by atoms with E-state index in [-0.39, 0.29) is 11.1 Å². The molecule has 0 aliphatic rings. The molecule has 1 amide bonds. The molecule has 1 aromatic carbocycles. The van der Waals surface area contributed by atoms with Crippen LogP contribution in [0.25, 0.3) is 0 Å². The molecule has 0 radical (unpaired) electrons. The Morgan fingerprint density at radius 2 is 2.20 bits per heavy atom. The molecule has 0 saturated carbocycles. The number of nitrogens with one attached hydrogen (secondary N) is 2. The van der Waals surface area contributed by atoms with Gasteiger partial charge in [0.2, 0.25) is 0 Å². The molecule has 6 heteroatoms. The topological polar surface area (TPSA) is 102 Å². The molecule has 0 aliphatic heterocycles. The summed E-state index contributed by atoms with van der Waals surface area (Å²) >= 11 is 0. The van der Waals surface area contributed by atoms with Crippen LogP contribution >= 0.6 is 0 Å². The molecule has 20 heavy (non-hydrogen) atoms. The summed E-state index contributed by atoms with van der Waals surface area (Å²) in [6.07, 6.45) is 2.03. The fourth-order valence-electron chi connectivity index (χ4n) is 1.38. The molecule has 1 aromatic rings. The summed E-state index contributed by atoms with van der Waals surface area (Å²) in [6, 6.07) is 7.87. The van der Waals surface area contributed by atoms with Crippen LogP contribution in [0.5, 0.6) is 0 Å². The lowest BCUT2D eigenvalue weighted by atomic mass is 10.2. The summed E-state index contributed by atoms with van der Waals surface area (Å²) in [5, 5.41) is 23.1. The van der Waals surface area contributed by atoms with Crippen LogP contribution in [0.3, 0.4) is 0 Å². The van der Waals surface area contributed by atoms with Gasteiger partial charge in [-0.15, -0.1) is 0 Å². The van der Waals surface area contributed by atoms with Gasteiger partial charge < -0.3 is 15.7 Å². The lowest BCUT2D eigenvalue weighted by Crippen LogP contribution is -2.25. The molecule has 0 heterocycles. The highest BCUT2D eigenvalue weighted by Gasteiger charge is 2.07. The minimum absolute atomic E-state index is 0.0702. The van der Waals surface area contributed by atoms with Gasteiger partial charge in [-0.3, -0.25) is 4.79 Å². The van der Waals surface area contributed by atoms with Crippen LogP contribution in [0.1, 0.15) is 23.7 Å². The Morgan fingerprint density at radius 1 is 1.45 bits per heavy atom. The van der Waals surface area contributed by atoms with E-state index in [4.69, 9.17) is 10.4 Å². The largest absolute Gasteiger partial charge is 0.478 e. The lowest BCUT2D eigenvalue weighted by molar-refractivity contribution is -0.117. The summed E-state index contributed by atoms with van der Waals surface area (Å²) < 4.78 is 0. The molecule has 0 aliphatic carbocycles. The number of anilines is 1. The number of aromatic carboxylic acids is 1. The third kappa shape index (κ3) is 4.46. The van der Waals surface area contributed by atoms with Crippen LogP contribution in [-0.4, -0.2) is 23.5 Å². The fraction of sp³-hybridized carbons (Fsp3) is 0.214. The first-order valence-electron chi connectivity index (χ1n) is 6.06. The molecule has 0 saturated heterocycles. The van der Waals surface area contributed by atoms with Gasteiger partial charge in [0, 0.05) is 18.4 Å². The van der Waals surface area contributed by atoms with Gasteiger partial charge >= 0.3 is 5.97 Å². The highest BCUT2D eigenvalue weighted by Crippen LogP contribution is 2.11. The maximum atomic E-state index is 11.6. The Bertz CT molecular complexity index is 573. The van der Waals surface area contributed by atoms with Crippen molar-refractivity contribution in [2.45, 2.75) is 13.3 Å². The second-order valence-electron chi connectivity index (χ2n) is 3.96. The number of nitriles is 1. The molecule has 0 spiro atoms. The molecule has 104 valence electrons. The molecular formula is C14H15N3O3. The molecule has 1 rings (SSSR count). The monoisotopic (exact) mass is 273 g/mol. The smallest absolute Gasteiger partial charge is 0.335 e. The maximum absolute atomic E-state index is 11.6. The van der Waals surface area contributed by atoms with E-state index in [1.807, 2.05) is 6.92 Å².